The molecule has 100 valence electrons. The standard InChI is InChI=1S/C15H23NO2/c1-3-16(10-11-18-2)14-9-8-12-6-4-5-7-13(12)15(14)17/h4-7,14-15,17H,3,8-11H2,1-2H3. The molecule has 0 saturated heterocycles. The first-order valence-corrected chi connectivity index (χ1v) is 6.76. The van der Waals surface area contributed by atoms with E-state index >= 15 is 0 Å². The van der Waals surface area contributed by atoms with Crippen molar-refractivity contribution in [3.63, 3.8) is 0 Å². The Morgan fingerprint density at radius 3 is 2.89 bits per heavy atom. The predicted molar refractivity (Wildman–Crippen MR) is 72.6 cm³/mol. The van der Waals surface area contributed by atoms with Crippen molar-refractivity contribution in [2.75, 3.05) is 26.8 Å². The van der Waals surface area contributed by atoms with E-state index in [1.54, 1.807) is 7.11 Å². The summed E-state index contributed by atoms with van der Waals surface area (Å²) in [5.74, 6) is 0. The molecular weight excluding hydrogens is 226 g/mol. The molecule has 0 saturated carbocycles. The van der Waals surface area contributed by atoms with Crippen LogP contribution < -0.4 is 0 Å². The molecule has 1 aromatic rings. The minimum Gasteiger partial charge on any atom is -0.387 e. The lowest BCUT2D eigenvalue weighted by Gasteiger charge is -2.38. The highest BCUT2D eigenvalue weighted by Crippen LogP contribution is 2.32. The Bertz CT molecular complexity index is 381. The van der Waals surface area contributed by atoms with Gasteiger partial charge in [0.25, 0.3) is 0 Å². The molecule has 2 atom stereocenters. The van der Waals surface area contributed by atoms with Gasteiger partial charge in [-0.1, -0.05) is 31.2 Å². The summed E-state index contributed by atoms with van der Waals surface area (Å²) in [5, 5.41) is 10.5. The van der Waals surface area contributed by atoms with Crippen LogP contribution in [0.1, 0.15) is 30.6 Å². The van der Waals surface area contributed by atoms with Gasteiger partial charge < -0.3 is 9.84 Å². The first kappa shape index (κ1) is 13.5. The number of rotatable bonds is 5. The number of nitrogens with zero attached hydrogens (tertiary/aromatic N) is 1. The van der Waals surface area contributed by atoms with Crippen LogP contribution in [-0.4, -0.2) is 42.9 Å². The summed E-state index contributed by atoms with van der Waals surface area (Å²) in [6.45, 7) is 4.70. The number of ether oxygens (including phenoxy) is 1. The lowest BCUT2D eigenvalue weighted by molar-refractivity contribution is 0.0254. The van der Waals surface area contributed by atoms with Crippen LogP contribution in [0.5, 0.6) is 0 Å². The van der Waals surface area contributed by atoms with Gasteiger partial charge in [0, 0.05) is 19.7 Å². The van der Waals surface area contributed by atoms with Crippen molar-refractivity contribution in [2.24, 2.45) is 0 Å². The van der Waals surface area contributed by atoms with E-state index in [2.05, 4.69) is 24.0 Å². The monoisotopic (exact) mass is 249 g/mol. The third kappa shape index (κ3) is 2.74. The number of benzene rings is 1. The van der Waals surface area contributed by atoms with Crippen LogP contribution in [0.4, 0.5) is 0 Å². The van der Waals surface area contributed by atoms with E-state index in [4.69, 9.17) is 4.74 Å². The lowest BCUT2D eigenvalue weighted by Crippen LogP contribution is -2.43. The van der Waals surface area contributed by atoms with Crippen LogP contribution in [0.15, 0.2) is 24.3 Å². The first-order valence-electron chi connectivity index (χ1n) is 6.76. The molecule has 0 aliphatic heterocycles. The number of methoxy groups -OCH3 is 1. The second-order valence-electron chi connectivity index (χ2n) is 4.87. The maximum Gasteiger partial charge on any atom is 0.0947 e. The number of aliphatic hydroxyl groups is 1. The average molecular weight is 249 g/mol. The molecule has 1 aliphatic rings. The molecule has 0 radical (unpaired) electrons. The Labute approximate surface area is 109 Å². The zero-order valence-corrected chi connectivity index (χ0v) is 11.3. The lowest BCUT2D eigenvalue weighted by atomic mass is 9.85. The second kappa shape index (κ2) is 6.32. The number of likely N-dealkylation sites (N-methyl/N-ethyl adjacent to an activating group) is 1. The second-order valence-corrected chi connectivity index (χ2v) is 4.87. The van der Waals surface area contributed by atoms with Gasteiger partial charge in [0.05, 0.1) is 12.7 Å². The van der Waals surface area contributed by atoms with Crippen LogP contribution in [-0.2, 0) is 11.2 Å². The third-order valence-corrected chi connectivity index (χ3v) is 3.91. The summed E-state index contributed by atoms with van der Waals surface area (Å²) in [5.41, 5.74) is 2.40. The molecule has 1 aliphatic carbocycles. The predicted octanol–water partition coefficient (Wildman–Crippen LogP) is 2.00. The van der Waals surface area contributed by atoms with Gasteiger partial charge in [-0.2, -0.15) is 0 Å². The summed E-state index contributed by atoms with van der Waals surface area (Å²) < 4.78 is 5.15. The van der Waals surface area contributed by atoms with Gasteiger partial charge >= 0.3 is 0 Å². The van der Waals surface area contributed by atoms with Crippen molar-refractivity contribution in [1.29, 1.82) is 0 Å². The van der Waals surface area contributed by atoms with E-state index in [1.165, 1.54) is 5.56 Å². The van der Waals surface area contributed by atoms with Crippen molar-refractivity contribution in [1.82, 2.24) is 4.90 Å². The summed E-state index contributed by atoms with van der Waals surface area (Å²) in [6, 6.07) is 8.46. The Morgan fingerprint density at radius 2 is 2.17 bits per heavy atom. The third-order valence-electron chi connectivity index (χ3n) is 3.91. The number of fused-ring (bicyclic) bond motifs is 1. The zero-order chi connectivity index (χ0) is 13.0. The van der Waals surface area contributed by atoms with Crippen molar-refractivity contribution in [3.05, 3.63) is 35.4 Å². The molecule has 2 unspecified atom stereocenters. The average Bonchev–Trinajstić information content (AvgIpc) is 2.42. The summed E-state index contributed by atoms with van der Waals surface area (Å²) in [4.78, 5) is 2.32. The molecule has 3 heteroatoms. The van der Waals surface area contributed by atoms with E-state index in [-0.39, 0.29) is 12.1 Å². The Hall–Kier alpha value is -0.900. The van der Waals surface area contributed by atoms with Crippen LogP contribution >= 0.6 is 0 Å². The highest BCUT2D eigenvalue weighted by molar-refractivity contribution is 5.32. The van der Waals surface area contributed by atoms with Gasteiger partial charge in [-0.15, -0.1) is 0 Å². The Kier molecular flexibility index (Phi) is 4.75. The van der Waals surface area contributed by atoms with E-state index < -0.39 is 0 Å². The fourth-order valence-electron chi connectivity index (χ4n) is 2.87. The number of aliphatic hydroxyl groups excluding tert-OH is 1. The Morgan fingerprint density at radius 1 is 1.39 bits per heavy atom. The SMILES string of the molecule is CCN(CCOC)C1CCc2ccccc2C1O. The van der Waals surface area contributed by atoms with Crippen molar-refractivity contribution in [3.8, 4) is 0 Å². The molecule has 0 spiro atoms. The summed E-state index contributed by atoms with van der Waals surface area (Å²) in [7, 11) is 1.72. The smallest absolute Gasteiger partial charge is 0.0947 e. The normalized spacial score (nSPS) is 23.1. The Balaban J connectivity index is 2.12. The topological polar surface area (TPSA) is 32.7 Å². The van der Waals surface area contributed by atoms with Crippen molar-refractivity contribution in [2.45, 2.75) is 31.9 Å². The summed E-state index contributed by atoms with van der Waals surface area (Å²) >= 11 is 0. The van der Waals surface area contributed by atoms with E-state index in [0.717, 1.165) is 38.1 Å². The number of aryl methyl sites for hydroxylation is 1. The zero-order valence-electron chi connectivity index (χ0n) is 11.3. The quantitative estimate of drug-likeness (QED) is 0.866. The van der Waals surface area contributed by atoms with Gasteiger partial charge in [0.2, 0.25) is 0 Å². The molecule has 0 heterocycles. The largest absolute Gasteiger partial charge is 0.387 e. The van der Waals surface area contributed by atoms with Gasteiger partial charge in [-0.05, 0) is 30.5 Å². The van der Waals surface area contributed by atoms with Gasteiger partial charge in [-0.3, -0.25) is 4.90 Å². The molecule has 3 nitrogen and oxygen atoms in total. The summed E-state index contributed by atoms with van der Waals surface area (Å²) in [6.07, 6.45) is 1.71. The molecule has 18 heavy (non-hydrogen) atoms. The fourth-order valence-corrected chi connectivity index (χ4v) is 2.87. The van der Waals surface area contributed by atoms with E-state index in [1.807, 2.05) is 12.1 Å². The van der Waals surface area contributed by atoms with Crippen LogP contribution in [0.25, 0.3) is 0 Å². The molecule has 0 aromatic heterocycles. The minimum atomic E-state index is -0.369. The number of hydrogen-bond donors (Lipinski definition) is 1. The van der Waals surface area contributed by atoms with Gasteiger partial charge in [-0.25, -0.2) is 0 Å². The maximum atomic E-state index is 10.5. The van der Waals surface area contributed by atoms with E-state index in [0.29, 0.717) is 0 Å². The molecule has 0 bridgehead atoms. The van der Waals surface area contributed by atoms with Crippen LogP contribution in [0.3, 0.4) is 0 Å². The van der Waals surface area contributed by atoms with Gasteiger partial charge in [0.15, 0.2) is 0 Å². The highest BCUT2D eigenvalue weighted by Gasteiger charge is 2.31. The molecular formula is C15H23NO2. The van der Waals surface area contributed by atoms with Gasteiger partial charge in [0.1, 0.15) is 0 Å². The molecule has 1 aromatic carbocycles. The maximum absolute atomic E-state index is 10.5. The highest BCUT2D eigenvalue weighted by atomic mass is 16.5. The first-order chi connectivity index (χ1) is 8.77. The molecule has 0 fully saturated rings. The van der Waals surface area contributed by atoms with Crippen molar-refractivity contribution >= 4 is 0 Å². The number of hydrogen-bond acceptors (Lipinski definition) is 3. The van der Waals surface area contributed by atoms with Crippen LogP contribution in [0, 0.1) is 0 Å². The van der Waals surface area contributed by atoms with Crippen molar-refractivity contribution < 1.29 is 9.84 Å². The molecule has 0 amide bonds. The minimum absolute atomic E-state index is 0.222. The fraction of sp³-hybridized carbons (Fsp3) is 0.600. The molecule has 2 rings (SSSR count). The van der Waals surface area contributed by atoms with Crippen LogP contribution in [0.2, 0.25) is 0 Å². The van der Waals surface area contributed by atoms with E-state index in [9.17, 15) is 5.11 Å². The molecule has 1 N–H and O–H groups in total.